The standard InChI is InChI=1S/C24H28N2O3S2/c1-4-29-19-9-7-18(8-10-19)22(26-11-13-28-14-12-26)21-16(2)17(3)31-24(21)25-23(27)20-6-5-15-30-20/h5-10,15,22H,4,11-14H2,1-3H3,(H,25,27)/t22-/m1/s1. The van der Waals surface area contributed by atoms with Gasteiger partial charge in [0.05, 0.1) is 30.7 Å². The van der Waals surface area contributed by atoms with Crippen LogP contribution < -0.4 is 10.1 Å². The van der Waals surface area contributed by atoms with Crippen LogP contribution in [0.4, 0.5) is 5.00 Å². The number of amides is 1. The number of aryl methyl sites for hydroxylation is 1. The summed E-state index contributed by atoms with van der Waals surface area (Å²) in [6.07, 6.45) is 0. The van der Waals surface area contributed by atoms with Gasteiger partial charge < -0.3 is 14.8 Å². The summed E-state index contributed by atoms with van der Waals surface area (Å²) in [6, 6.07) is 12.2. The van der Waals surface area contributed by atoms with Crippen LogP contribution in [0.25, 0.3) is 0 Å². The zero-order chi connectivity index (χ0) is 21.8. The van der Waals surface area contributed by atoms with Crippen molar-refractivity contribution in [3.05, 3.63) is 68.2 Å². The molecule has 0 aliphatic carbocycles. The Balaban J connectivity index is 1.74. The highest BCUT2D eigenvalue weighted by Gasteiger charge is 2.30. The molecule has 1 N–H and O–H groups in total. The van der Waals surface area contributed by atoms with Crippen LogP contribution in [0.2, 0.25) is 0 Å². The number of rotatable bonds is 7. The van der Waals surface area contributed by atoms with Gasteiger partial charge in [-0.2, -0.15) is 0 Å². The van der Waals surface area contributed by atoms with E-state index in [0.29, 0.717) is 19.8 Å². The van der Waals surface area contributed by atoms with Crippen LogP contribution in [0.3, 0.4) is 0 Å². The highest BCUT2D eigenvalue weighted by Crippen LogP contribution is 2.43. The van der Waals surface area contributed by atoms with Crippen molar-refractivity contribution in [2.75, 3.05) is 38.2 Å². The summed E-state index contributed by atoms with van der Waals surface area (Å²) < 4.78 is 11.3. The van der Waals surface area contributed by atoms with Crippen LogP contribution in [0.1, 0.15) is 44.2 Å². The summed E-state index contributed by atoms with van der Waals surface area (Å²) >= 11 is 3.11. The number of benzene rings is 1. The highest BCUT2D eigenvalue weighted by molar-refractivity contribution is 7.17. The van der Waals surface area contributed by atoms with Gasteiger partial charge in [-0.3, -0.25) is 9.69 Å². The third kappa shape index (κ3) is 4.85. The zero-order valence-corrected chi connectivity index (χ0v) is 19.8. The molecule has 164 valence electrons. The summed E-state index contributed by atoms with van der Waals surface area (Å²) in [7, 11) is 0. The lowest BCUT2D eigenvalue weighted by atomic mass is 9.94. The number of nitrogens with one attached hydrogen (secondary N) is 1. The molecule has 0 radical (unpaired) electrons. The summed E-state index contributed by atoms with van der Waals surface area (Å²) in [5, 5.41) is 6.06. The topological polar surface area (TPSA) is 50.8 Å². The SMILES string of the molecule is CCOc1ccc([C@H](c2c(NC(=O)c3cccs3)sc(C)c2C)N2CCOCC2)cc1. The largest absolute Gasteiger partial charge is 0.494 e. The minimum absolute atomic E-state index is 0.0446. The van der Waals surface area contributed by atoms with Crippen LogP contribution in [0.5, 0.6) is 5.75 Å². The Morgan fingerprint density at radius 2 is 1.94 bits per heavy atom. The third-order valence-electron chi connectivity index (χ3n) is 5.60. The number of hydrogen-bond donors (Lipinski definition) is 1. The van der Waals surface area contributed by atoms with E-state index in [1.165, 1.54) is 32.9 Å². The fourth-order valence-corrected chi connectivity index (χ4v) is 5.65. The van der Waals surface area contributed by atoms with E-state index < -0.39 is 0 Å². The van der Waals surface area contributed by atoms with Crippen LogP contribution in [-0.4, -0.2) is 43.7 Å². The van der Waals surface area contributed by atoms with Gasteiger partial charge >= 0.3 is 0 Å². The smallest absolute Gasteiger partial charge is 0.266 e. The maximum Gasteiger partial charge on any atom is 0.266 e. The van der Waals surface area contributed by atoms with Crippen molar-refractivity contribution in [1.82, 2.24) is 4.90 Å². The number of nitrogens with zero attached hydrogens (tertiary/aromatic N) is 1. The molecule has 1 fully saturated rings. The molecule has 31 heavy (non-hydrogen) atoms. The first-order valence-corrected chi connectivity index (χ1v) is 12.3. The number of anilines is 1. The molecule has 1 amide bonds. The van der Waals surface area contributed by atoms with Crippen LogP contribution in [0, 0.1) is 13.8 Å². The van der Waals surface area contributed by atoms with E-state index in [1.807, 2.05) is 36.6 Å². The fourth-order valence-electron chi connectivity index (χ4n) is 3.95. The van der Waals surface area contributed by atoms with Crippen molar-refractivity contribution in [1.29, 1.82) is 0 Å². The lowest BCUT2D eigenvalue weighted by Crippen LogP contribution is -2.39. The normalized spacial score (nSPS) is 15.6. The Morgan fingerprint density at radius 3 is 2.58 bits per heavy atom. The van der Waals surface area contributed by atoms with Crippen molar-refractivity contribution in [3.63, 3.8) is 0 Å². The molecule has 5 nitrogen and oxygen atoms in total. The molecular weight excluding hydrogens is 428 g/mol. The number of thiophene rings is 2. The molecule has 0 bridgehead atoms. The zero-order valence-electron chi connectivity index (χ0n) is 18.1. The Labute approximate surface area is 191 Å². The second kappa shape index (κ2) is 9.96. The molecule has 1 saturated heterocycles. The van der Waals surface area contributed by atoms with E-state index in [4.69, 9.17) is 9.47 Å². The molecule has 1 aromatic carbocycles. The van der Waals surface area contributed by atoms with Crippen LogP contribution in [0.15, 0.2) is 41.8 Å². The predicted molar refractivity (Wildman–Crippen MR) is 128 cm³/mol. The van der Waals surface area contributed by atoms with Gasteiger partial charge in [0.25, 0.3) is 5.91 Å². The Bertz CT molecular complexity index is 1010. The lowest BCUT2D eigenvalue weighted by Gasteiger charge is -2.35. The number of hydrogen-bond acceptors (Lipinski definition) is 6. The van der Waals surface area contributed by atoms with Gasteiger partial charge in [0.2, 0.25) is 0 Å². The Hall–Kier alpha value is -2.19. The van der Waals surface area contributed by atoms with Crippen LogP contribution >= 0.6 is 22.7 Å². The molecule has 7 heteroatoms. The quantitative estimate of drug-likeness (QED) is 0.510. The van der Waals surface area contributed by atoms with E-state index >= 15 is 0 Å². The van der Waals surface area contributed by atoms with Gasteiger partial charge in [-0.1, -0.05) is 18.2 Å². The minimum Gasteiger partial charge on any atom is -0.494 e. The molecule has 4 rings (SSSR count). The molecule has 0 spiro atoms. The molecule has 2 aromatic heterocycles. The number of carbonyl (C=O) groups excluding carboxylic acids is 1. The lowest BCUT2D eigenvalue weighted by molar-refractivity contribution is 0.0240. The summed E-state index contributed by atoms with van der Waals surface area (Å²) in [5.41, 5.74) is 3.60. The molecular formula is C24H28N2O3S2. The van der Waals surface area contributed by atoms with E-state index in [2.05, 4.69) is 36.2 Å². The third-order valence-corrected chi connectivity index (χ3v) is 7.60. The summed E-state index contributed by atoms with van der Waals surface area (Å²) in [4.78, 5) is 17.3. The Kier molecular flexibility index (Phi) is 7.07. The van der Waals surface area contributed by atoms with Gasteiger partial charge in [0, 0.05) is 23.5 Å². The van der Waals surface area contributed by atoms with Gasteiger partial charge in [0.1, 0.15) is 10.8 Å². The molecule has 0 unspecified atom stereocenters. The van der Waals surface area contributed by atoms with E-state index in [-0.39, 0.29) is 11.9 Å². The molecule has 0 saturated carbocycles. The first-order chi connectivity index (χ1) is 15.1. The second-order valence-electron chi connectivity index (χ2n) is 7.51. The first-order valence-electron chi connectivity index (χ1n) is 10.6. The predicted octanol–water partition coefficient (Wildman–Crippen LogP) is 5.50. The van der Waals surface area contributed by atoms with Crippen molar-refractivity contribution >= 4 is 33.6 Å². The maximum atomic E-state index is 12.9. The van der Waals surface area contributed by atoms with Gasteiger partial charge in [-0.05, 0) is 55.5 Å². The van der Waals surface area contributed by atoms with Crippen LogP contribution in [-0.2, 0) is 4.74 Å². The average Bonchev–Trinajstić information content (AvgIpc) is 3.41. The number of carbonyl (C=O) groups is 1. The summed E-state index contributed by atoms with van der Waals surface area (Å²) in [6.45, 7) is 10.1. The van der Waals surface area contributed by atoms with Gasteiger partial charge in [-0.15, -0.1) is 22.7 Å². The second-order valence-corrected chi connectivity index (χ2v) is 9.68. The maximum absolute atomic E-state index is 12.9. The van der Waals surface area contributed by atoms with Crippen molar-refractivity contribution < 1.29 is 14.3 Å². The molecule has 3 heterocycles. The first kappa shape index (κ1) is 22.0. The van der Waals surface area contributed by atoms with E-state index in [9.17, 15) is 4.79 Å². The van der Waals surface area contributed by atoms with Crippen molar-refractivity contribution in [3.8, 4) is 5.75 Å². The molecule has 1 aliphatic rings. The molecule has 1 aliphatic heterocycles. The number of morpholine rings is 1. The number of ether oxygens (including phenoxy) is 2. The van der Waals surface area contributed by atoms with Crippen molar-refractivity contribution in [2.45, 2.75) is 26.8 Å². The Morgan fingerprint density at radius 1 is 1.19 bits per heavy atom. The monoisotopic (exact) mass is 456 g/mol. The molecule has 1 atom stereocenters. The fraction of sp³-hybridized carbons (Fsp3) is 0.375. The van der Waals surface area contributed by atoms with Gasteiger partial charge in [-0.25, -0.2) is 0 Å². The van der Waals surface area contributed by atoms with E-state index in [0.717, 1.165) is 28.7 Å². The minimum atomic E-state index is -0.0510. The van der Waals surface area contributed by atoms with E-state index in [1.54, 1.807) is 11.3 Å². The average molecular weight is 457 g/mol. The highest BCUT2D eigenvalue weighted by atomic mass is 32.1. The molecule has 3 aromatic rings. The summed E-state index contributed by atoms with van der Waals surface area (Å²) in [5.74, 6) is 0.821. The van der Waals surface area contributed by atoms with Gasteiger partial charge in [0.15, 0.2) is 0 Å². The van der Waals surface area contributed by atoms with Crippen molar-refractivity contribution in [2.24, 2.45) is 0 Å².